The molecule has 112 valence electrons. The number of anilines is 1. The number of ether oxygens (including phenoxy) is 1. The zero-order valence-electron chi connectivity index (χ0n) is 11.9. The highest BCUT2D eigenvalue weighted by Gasteiger charge is 2.33. The molecule has 2 aromatic heterocycles. The molecule has 0 saturated carbocycles. The Morgan fingerprint density at radius 2 is 2.52 bits per heavy atom. The van der Waals surface area contributed by atoms with Crippen LogP contribution in [0, 0.1) is 0 Å². The molecule has 3 rings (SSSR count). The first kappa shape index (κ1) is 14.0. The van der Waals surface area contributed by atoms with Crippen molar-refractivity contribution >= 4 is 22.4 Å². The van der Waals surface area contributed by atoms with E-state index >= 15 is 0 Å². The topological polar surface area (TPSA) is 92.8 Å². The molecule has 21 heavy (non-hydrogen) atoms. The van der Waals surface area contributed by atoms with Crippen LogP contribution in [-0.4, -0.2) is 32.7 Å². The van der Waals surface area contributed by atoms with E-state index in [-0.39, 0.29) is 17.9 Å². The molecule has 2 N–H and O–H groups in total. The van der Waals surface area contributed by atoms with Gasteiger partial charge in [-0.05, 0) is 26.7 Å². The minimum absolute atomic E-state index is 0.0141. The van der Waals surface area contributed by atoms with E-state index < -0.39 is 0 Å². The second-order valence-corrected chi connectivity index (χ2v) is 5.99. The fourth-order valence-electron chi connectivity index (χ4n) is 2.44. The number of fused-ring (bicyclic) bond motifs is 1. The maximum Gasteiger partial charge on any atom is 0.315 e. The van der Waals surface area contributed by atoms with Crippen molar-refractivity contribution in [1.29, 1.82) is 0 Å². The largest absolute Gasteiger partial charge is 0.465 e. The molecule has 0 aromatic carbocycles. The van der Waals surface area contributed by atoms with Gasteiger partial charge in [0.25, 0.3) is 0 Å². The number of thiazole rings is 1. The summed E-state index contributed by atoms with van der Waals surface area (Å²) in [5.74, 6) is 0.371. The number of carbonyl (C=O) groups excluding carboxylic acids is 1. The number of nitrogens with one attached hydrogen (secondary N) is 2. The molecule has 2 aromatic rings. The summed E-state index contributed by atoms with van der Waals surface area (Å²) in [7, 11) is 0. The normalized spacial score (nSPS) is 18.3. The van der Waals surface area contributed by atoms with E-state index in [1.54, 1.807) is 11.3 Å². The average Bonchev–Trinajstić information content (AvgIpc) is 3.14. The van der Waals surface area contributed by atoms with Crippen LogP contribution in [-0.2, 0) is 16.0 Å². The zero-order valence-corrected chi connectivity index (χ0v) is 12.7. The molecule has 0 amide bonds. The molecule has 1 aliphatic carbocycles. The van der Waals surface area contributed by atoms with Crippen LogP contribution in [0.1, 0.15) is 48.6 Å². The molecule has 2 heterocycles. The van der Waals surface area contributed by atoms with Gasteiger partial charge in [-0.1, -0.05) is 0 Å². The highest BCUT2D eigenvalue weighted by molar-refractivity contribution is 7.15. The lowest BCUT2D eigenvalue weighted by Crippen LogP contribution is -2.14. The number of aryl methyl sites for hydroxylation is 1. The summed E-state index contributed by atoms with van der Waals surface area (Å²) in [6.07, 6.45) is 3.16. The van der Waals surface area contributed by atoms with E-state index in [9.17, 15) is 4.79 Å². The Labute approximate surface area is 126 Å². The SMILES string of the molecule is CCOC(=O)C1CCc2sc(NC(C)c3ncn[nH]3)nc21. The number of H-pyrrole nitrogens is 1. The summed E-state index contributed by atoms with van der Waals surface area (Å²) < 4.78 is 5.11. The highest BCUT2D eigenvalue weighted by atomic mass is 32.1. The van der Waals surface area contributed by atoms with Crippen LogP contribution in [0.2, 0.25) is 0 Å². The van der Waals surface area contributed by atoms with Crippen molar-refractivity contribution in [3.8, 4) is 0 Å². The van der Waals surface area contributed by atoms with Gasteiger partial charge in [0.05, 0.1) is 18.3 Å². The second kappa shape index (κ2) is 5.80. The van der Waals surface area contributed by atoms with Gasteiger partial charge in [-0.3, -0.25) is 9.89 Å². The predicted molar refractivity (Wildman–Crippen MR) is 78.2 cm³/mol. The van der Waals surface area contributed by atoms with E-state index in [1.807, 2.05) is 13.8 Å². The summed E-state index contributed by atoms with van der Waals surface area (Å²) in [4.78, 5) is 21.8. The van der Waals surface area contributed by atoms with E-state index in [1.165, 1.54) is 11.2 Å². The number of hydrogen-bond donors (Lipinski definition) is 2. The lowest BCUT2D eigenvalue weighted by molar-refractivity contribution is -0.145. The quantitative estimate of drug-likeness (QED) is 0.821. The number of nitrogens with zero attached hydrogens (tertiary/aromatic N) is 3. The minimum Gasteiger partial charge on any atom is -0.465 e. The van der Waals surface area contributed by atoms with Gasteiger partial charge in [0.1, 0.15) is 18.1 Å². The van der Waals surface area contributed by atoms with E-state index in [0.29, 0.717) is 6.61 Å². The van der Waals surface area contributed by atoms with Gasteiger partial charge in [0, 0.05) is 4.88 Å². The Kier molecular flexibility index (Phi) is 3.87. The van der Waals surface area contributed by atoms with Gasteiger partial charge in [-0.2, -0.15) is 5.10 Å². The van der Waals surface area contributed by atoms with Crippen molar-refractivity contribution in [2.75, 3.05) is 11.9 Å². The van der Waals surface area contributed by atoms with Crippen LogP contribution in [0.4, 0.5) is 5.13 Å². The van der Waals surface area contributed by atoms with Crippen LogP contribution in [0.5, 0.6) is 0 Å². The fourth-order valence-corrected chi connectivity index (χ4v) is 3.56. The number of aromatic amines is 1. The van der Waals surface area contributed by atoms with Crippen molar-refractivity contribution in [3.63, 3.8) is 0 Å². The van der Waals surface area contributed by atoms with Gasteiger partial charge in [-0.25, -0.2) is 9.97 Å². The third-order valence-electron chi connectivity index (χ3n) is 3.47. The first-order valence-electron chi connectivity index (χ1n) is 6.97. The summed E-state index contributed by atoms with van der Waals surface area (Å²) in [6.45, 7) is 4.21. The summed E-state index contributed by atoms with van der Waals surface area (Å²) >= 11 is 1.59. The molecule has 0 radical (unpaired) electrons. The van der Waals surface area contributed by atoms with E-state index in [2.05, 4.69) is 25.5 Å². The Morgan fingerprint density at radius 1 is 1.67 bits per heavy atom. The highest BCUT2D eigenvalue weighted by Crippen LogP contribution is 2.39. The summed E-state index contributed by atoms with van der Waals surface area (Å²) in [5.41, 5.74) is 0.866. The Bertz CT molecular complexity index is 625. The van der Waals surface area contributed by atoms with Crippen molar-refractivity contribution in [2.24, 2.45) is 0 Å². The molecular formula is C13H17N5O2S. The molecule has 0 spiro atoms. The van der Waals surface area contributed by atoms with Crippen LogP contribution in [0.3, 0.4) is 0 Å². The molecular weight excluding hydrogens is 290 g/mol. The molecule has 1 aliphatic rings. The molecule has 8 heteroatoms. The number of aromatic nitrogens is 4. The van der Waals surface area contributed by atoms with Crippen molar-refractivity contribution in [1.82, 2.24) is 20.2 Å². The van der Waals surface area contributed by atoms with E-state index in [0.717, 1.165) is 29.5 Å². The second-order valence-electron chi connectivity index (χ2n) is 4.91. The maximum atomic E-state index is 11.9. The Balaban J connectivity index is 1.73. The molecule has 2 unspecified atom stereocenters. The molecule has 0 saturated heterocycles. The summed E-state index contributed by atoms with van der Waals surface area (Å²) in [6, 6.07) is -0.0141. The van der Waals surface area contributed by atoms with Crippen molar-refractivity contribution in [3.05, 3.63) is 22.7 Å². The van der Waals surface area contributed by atoms with Crippen LogP contribution >= 0.6 is 11.3 Å². The van der Waals surface area contributed by atoms with Gasteiger partial charge in [0.2, 0.25) is 0 Å². The molecule has 0 fully saturated rings. The molecule has 2 atom stereocenters. The van der Waals surface area contributed by atoms with Gasteiger partial charge >= 0.3 is 5.97 Å². The van der Waals surface area contributed by atoms with Crippen molar-refractivity contribution in [2.45, 2.75) is 38.6 Å². The number of rotatable bonds is 5. The third kappa shape index (κ3) is 2.76. The minimum atomic E-state index is -0.215. The van der Waals surface area contributed by atoms with Gasteiger partial charge in [0.15, 0.2) is 5.13 Å². The number of carbonyl (C=O) groups is 1. The fraction of sp³-hybridized carbons (Fsp3) is 0.538. The smallest absolute Gasteiger partial charge is 0.315 e. The average molecular weight is 307 g/mol. The molecule has 0 bridgehead atoms. The summed E-state index contributed by atoms with van der Waals surface area (Å²) in [5, 5.41) is 10.8. The van der Waals surface area contributed by atoms with Crippen LogP contribution < -0.4 is 5.32 Å². The molecule has 0 aliphatic heterocycles. The monoisotopic (exact) mass is 307 g/mol. The van der Waals surface area contributed by atoms with Crippen LogP contribution in [0.15, 0.2) is 6.33 Å². The van der Waals surface area contributed by atoms with Crippen LogP contribution in [0.25, 0.3) is 0 Å². The van der Waals surface area contributed by atoms with E-state index in [4.69, 9.17) is 4.74 Å². The maximum absolute atomic E-state index is 11.9. The van der Waals surface area contributed by atoms with Gasteiger partial charge in [-0.15, -0.1) is 11.3 Å². The first-order chi connectivity index (χ1) is 10.2. The Morgan fingerprint density at radius 3 is 3.24 bits per heavy atom. The lowest BCUT2D eigenvalue weighted by atomic mass is 10.1. The number of hydrogen-bond acceptors (Lipinski definition) is 7. The predicted octanol–water partition coefficient (Wildman–Crippen LogP) is 2.03. The number of esters is 1. The lowest BCUT2D eigenvalue weighted by Gasteiger charge is -2.10. The Hall–Kier alpha value is -1.96. The molecule has 7 nitrogen and oxygen atoms in total. The third-order valence-corrected chi connectivity index (χ3v) is 4.53. The zero-order chi connectivity index (χ0) is 14.8. The first-order valence-corrected chi connectivity index (χ1v) is 7.78. The van der Waals surface area contributed by atoms with Gasteiger partial charge < -0.3 is 10.1 Å². The van der Waals surface area contributed by atoms with Crippen molar-refractivity contribution < 1.29 is 9.53 Å². The standard InChI is InChI=1S/C13H17N5O2S/c1-3-20-12(19)8-4-5-9-10(8)17-13(21-9)16-7(2)11-14-6-15-18-11/h6-8H,3-5H2,1-2H3,(H,16,17)(H,14,15,18).